The van der Waals surface area contributed by atoms with Crippen LogP contribution >= 0.6 is 0 Å². The number of rotatable bonds is 6. The second kappa shape index (κ2) is 8.17. The third kappa shape index (κ3) is 4.60. The first kappa shape index (κ1) is 17.5. The lowest BCUT2D eigenvalue weighted by molar-refractivity contribution is -0.155. The van der Waals surface area contributed by atoms with Crippen molar-refractivity contribution in [1.29, 1.82) is 0 Å². The quantitative estimate of drug-likeness (QED) is 0.640. The maximum absolute atomic E-state index is 12.9. The van der Waals surface area contributed by atoms with Crippen LogP contribution in [0.1, 0.15) is 42.9 Å². The smallest absolute Gasteiger partial charge is 0.328 e. The zero-order chi connectivity index (χ0) is 17.6. The van der Waals surface area contributed by atoms with Crippen molar-refractivity contribution in [2.45, 2.75) is 44.4 Å². The molecule has 1 fully saturated rings. The average molecular weight is 338 g/mol. The maximum atomic E-state index is 12.9. The first-order valence-corrected chi connectivity index (χ1v) is 8.93. The van der Waals surface area contributed by atoms with E-state index in [0.29, 0.717) is 6.54 Å². The van der Waals surface area contributed by atoms with Crippen LogP contribution in [0.2, 0.25) is 0 Å². The Hall–Kier alpha value is -2.33. The molecule has 2 aromatic carbocycles. The Morgan fingerprint density at radius 2 is 1.88 bits per heavy atom. The number of ether oxygens (including phenoxy) is 1. The summed E-state index contributed by atoms with van der Waals surface area (Å²) >= 11 is 0. The van der Waals surface area contributed by atoms with Gasteiger partial charge < -0.3 is 10.5 Å². The molecule has 1 aliphatic carbocycles. The van der Waals surface area contributed by atoms with E-state index in [1.807, 2.05) is 66.5 Å². The number of nitrogen functional groups attached to an aromatic ring is 1. The van der Waals surface area contributed by atoms with Crippen molar-refractivity contribution in [3.8, 4) is 0 Å². The molecule has 0 bridgehead atoms. The molecule has 2 N–H and O–H groups in total. The molecule has 132 valence electrons. The predicted molar refractivity (Wildman–Crippen MR) is 99.9 cm³/mol. The molecule has 0 spiro atoms. The maximum Gasteiger partial charge on any atom is 0.328 e. The van der Waals surface area contributed by atoms with Crippen molar-refractivity contribution in [2.24, 2.45) is 0 Å². The minimum absolute atomic E-state index is 0.0690. The van der Waals surface area contributed by atoms with Crippen LogP contribution in [-0.2, 0) is 16.1 Å². The minimum Gasteiger partial charge on any atom is -0.461 e. The van der Waals surface area contributed by atoms with Crippen molar-refractivity contribution in [2.75, 3.05) is 12.8 Å². The molecule has 1 aliphatic rings. The van der Waals surface area contributed by atoms with Gasteiger partial charge in [0, 0.05) is 12.2 Å². The summed E-state index contributed by atoms with van der Waals surface area (Å²) in [5.41, 5.74) is 8.65. The zero-order valence-corrected chi connectivity index (χ0v) is 14.7. The van der Waals surface area contributed by atoms with Crippen LogP contribution in [0.4, 0.5) is 5.69 Å². The Bertz CT molecular complexity index is 696. The fourth-order valence-electron chi connectivity index (χ4n) is 3.51. The van der Waals surface area contributed by atoms with Crippen molar-refractivity contribution in [3.63, 3.8) is 0 Å². The molecular weight excluding hydrogens is 312 g/mol. The summed E-state index contributed by atoms with van der Waals surface area (Å²) in [5, 5.41) is 0. The number of esters is 1. The Labute approximate surface area is 149 Å². The largest absolute Gasteiger partial charge is 0.461 e. The molecule has 25 heavy (non-hydrogen) atoms. The van der Waals surface area contributed by atoms with E-state index in [9.17, 15) is 4.79 Å². The van der Waals surface area contributed by atoms with E-state index < -0.39 is 6.04 Å². The van der Waals surface area contributed by atoms with Gasteiger partial charge in [0.25, 0.3) is 0 Å². The molecular formula is C21H26N2O2. The SMILES string of the molecule is CN(Cc1cccc(N)c1)[C@H](C(=O)OC1CCCC1)c1ccccc1. The number of nitrogens with two attached hydrogens (primary N) is 1. The summed E-state index contributed by atoms with van der Waals surface area (Å²) in [6.45, 7) is 0.629. The summed E-state index contributed by atoms with van der Waals surface area (Å²) in [7, 11) is 1.96. The molecule has 0 aromatic heterocycles. The molecule has 4 heteroatoms. The van der Waals surface area contributed by atoms with Crippen LogP contribution in [0.15, 0.2) is 54.6 Å². The number of carbonyl (C=O) groups is 1. The van der Waals surface area contributed by atoms with Crippen LogP contribution in [0, 0.1) is 0 Å². The molecule has 1 atom stereocenters. The van der Waals surface area contributed by atoms with Crippen molar-refractivity contribution < 1.29 is 9.53 Å². The highest BCUT2D eigenvalue weighted by Crippen LogP contribution is 2.27. The summed E-state index contributed by atoms with van der Waals surface area (Å²) in [6, 6.07) is 17.2. The van der Waals surface area contributed by atoms with Gasteiger partial charge in [-0.25, -0.2) is 4.79 Å². The van der Waals surface area contributed by atoms with Gasteiger partial charge in [-0.15, -0.1) is 0 Å². The molecule has 0 heterocycles. The van der Waals surface area contributed by atoms with Crippen LogP contribution in [0.25, 0.3) is 0 Å². The Balaban J connectivity index is 1.78. The van der Waals surface area contributed by atoms with Crippen LogP contribution in [0.3, 0.4) is 0 Å². The summed E-state index contributed by atoms with van der Waals surface area (Å²) in [5.74, 6) is -0.162. The fraction of sp³-hybridized carbons (Fsp3) is 0.381. The van der Waals surface area contributed by atoms with E-state index in [1.165, 1.54) is 0 Å². The topological polar surface area (TPSA) is 55.6 Å². The second-order valence-corrected chi connectivity index (χ2v) is 6.82. The average Bonchev–Trinajstić information content (AvgIpc) is 3.09. The molecule has 3 rings (SSSR count). The van der Waals surface area contributed by atoms with E-state index in [-0.39, 0.29) is 12.1 Å². The molecule has 4 nitrogen and oxygen atoms in total. The van der Waals surface area contributed by atoms with Crippen LogP contribution < -0.4 is 5.73 Å². The summed E-state index contributed by atoms with van der Waals surface area (Å²) in [4.78, 5) is 14.9. The number of benzene rings is 2. The molecule has 1 saturated carbocycles. The lowest BCUT2D eigenvalue weighted by Crippen LogP contribution is -2.33. The van der Waals surface area contributed by atoms with Gasteiger partial charge in [0.2, 0.25) is 0 Å². The van der Waals surface area contributed by atoms with Gasteiger partial charge in [-0.3, -0.25) is 4.90 Å². The number of anilines is 1. The number of nitrogens with zero attached hydrogens (tertiary/aromatic N) is 1. The zero-order valence-electron chi connectivity index (χ0n) is 14.7. The minimum atomic E-state index is -0.414. The van der Waals surface area contributed by atoms with Crippen molar-refractivity contribution >= 4 is 11.7 Å². The molecule has 0 radical (unpaired) electrons. The number of likely N-dealkylation sites (N-methyl/N-ethyl adjacent to an activating group) is 1. The highest BCUT2D eigenvalue weighted by Gasteiger charge is 2.30. The van der Waals surface area contributed by atoms with Gasteiger partial charge >= 0.3 is 5.97 Å². The first-order chi connectivity index (χ1) is 12.1. The van der Waals surface area contributed by atoms with E-state index >= 15 is 0 Å². The van der Waals surface area contributed by atoms with Crippen LogP contribution in [-0.4, -0.2) is 24.0 Å². The molecule has 0 unspecified atom stereocenters. The molecule has 0 saturated heterocycles. The Kier molecular flexibility index (Phi) is 5.71. The van der Waals surface area contributed by atoms with Crippen molar-refractivity contribution in [3.05, 3.63) is 65.7 Å². The van der Waals surface area contributed by atoms with E-state index in [4.69, 9.17) is 10.5 Å². The van der Waals surface area contributed by atoms with E-state index in [0.717, 1.165) is 42.5 Å². The monoisotopic (exact) mass is 338 g/mol. The first-order valence-electron chi connectivity index (χ1n) is 8.93. The highest BCUT2D eigenvalue weighted by molar-refractivity contribution is 5.77. The van der Waals surface area contributed by atoms with Crippen molar-refractivity contribution in [1.82, 2.24) is 4.90 Å². The van der Waals surface area contributed by atoms with E-state index in [1.54, 1.807) is 0 Å². The summed E-state index contributed by atoms with van der Waals surface area (Å²) < 4.78 is 5.81. The van der Waals surface area contributed by atoms with Gasteiger partial charge in [0.05, 0.1) is 0 Å². The molecule has 2 aromatic rings. The summed E-state index contributed by atoms with van der Waals surface area (Å²) in [6.07, 6.45) is 4.32. The second-order valence-electron chi connectivity index (χ2n) is 6.82. The van der Waals surface area contributed by atoms with Gasteiger partial charge in [-0.05, 0) is 56.0 Å². The predicted octanol–water partition coefficient (Wildman–Crippen LogP) is 3.93. The highest BCUT2D eigenvalue weighted by atomic mass is 16.5. The van der Waals surface area contributed by atoms with Gasteiger partial charge in [0.1, 0.15) is 12.1 Å². The third-order valence-electron chi connectivity index (χ3n) is 4.75. The fourth-order valence-corrected chi connectivity index (χ4v) is 3.51. The Morgan fingerprint density at radius 1 is 1.16 bits per heavy atom. The lowest BCUT2D eigenvalue weighted by Gasteiger charge is -2.28. The normalized spacial score (nSPS) is 16.1. The number of hydrogen-bond donors (Lipinski definition) is 1. The molecule has 0 aliphatic heterocycles. The Morgan fingerprint density at radius 3 is 2.56 bits per heavy atom. The van der Waals surface area contributed by atoms with Gasteiger partial charge in [-0.2, -0.15) is 0 Å². The van der Waals surface area contributed by atoms with Gasteiger partial charge in [0.15, 0.2) is 0 Å². The number of carbonyl (C=O) groups excluding carboxylic acids is 1. The van der Waals surface area contributed by atoms with E-state index in [2.05, 4.69) is 0 Å². The van der Waals surface area contributed by atoms with Gasteiger partial charge in [-0.1, -0.05) is 42.5 Å². The third-order valence-corrected chi connectivity index (χ3v) is 4.75. The molecule has 0 amide bonds. The standard InChI is InChI=1S/C21H26N2O2/c1-23(15-16-8-7-11-18(22)14-16)20(17-9-3-2-4-10-17)21(24)25-19-12-5-6-13-19/h2-4,7-11,14,19-20H,5-6,12-13,15,22H2,1H3/t20-/m0/s1. The number of hydrogen-bond acceptors (Lipinski definition) is 4. The van der Waals surface area contributed by atoms with Crippen LogP contribution in [0.5, 0.6) is 0 Å². The lowest BCUT2D eigenvalue weighted by atomic mass is 10.0.